The van der Waals surface area contributed by atoms with Crippen molar-refractivity contribution in [2.24, 2.45) is 5.41 Å². The van der Waals surface area contributed by atoms with Gasteiger partial charge in [-0.3, -0.25) is 4.98 Å². The van der Waals surface area contributed by atoms with Crippen molar-refractivity contribution in [3.63, 3.8) is 0 Å². The summed E-state index contributed by atoms with van der Waals surface area (Å²) >= 11 is 0. The Hall–Kier alpha value is -3.24. The number of benzene rings is 1. The first-order valence-electron chi connectivity index (χ1n) is 9.77. The number of nitrogens with one attached hydrogen (secondary N) is 2. The monoisotopic (exact) mass is 388 g/mol. The van der Waals surface area contributed by atoms with E-state index < -0.39 is 0 Å². The molecule has 7 nitrogen and oxygen atoms in total. The van der Waals surface area contributed by atoms with Gasteiger partial charge in [0, 0.05) is 29.6 Å². The van der Waals surface area contributed by atoms with Gasteiger partial charge < -0.3 is 15.7 Å². The average molecular weight is 388 g/mol. The van der Waals surface area contributed by atoms with Crippen molar-refractivity contribution < 1.29 is 5.11 Å². The number of hydrogen-bond acceptors (Lipinski definition) is 7. The summed E-state index contributed by atoms with van der Waals surface area (Å²) in [4.78, 5) is 13.2. The van der Waals surface area contributed by atoms with Crippen LogP contribution in [-0.4, -0.2) is 38.7 Å². The van der Waals surface area contributed by atoms with Crippen molar-refractivity contribution in [1.82, 2.24) is 15.0 Å². The summed E-state index contributed by atoms with van der Waals surface area (Å²) in [5, 5.41) is 27.0. The summed E-state index contributed by atoms with van der Waals surface area (Å²) in [5.74, 6) is 0.971. The topological polar surface area (TPSA) is 107 Å². The molecule has 0 unspecified atom stereocenters. The minimum atomic E-state index is -0.348. The SMILES string of the molecule is CC1(C)[C@@H](O)C[C@H]1Nc1nc(NCCc2cccc3cccnc23)ncc1C#N. The number of pyridine rings is 1. The Balaban J connectivity index is 1.45. The molecule has 1 saturated carbocycles. The molecule has 0 spiro atoms. The second kappa shape index (κ2) is 7.64. The summed E-state index contributed by atoms with van der Waals surface area (Å²) in [7, 11) is 0. The Bertz CT molecular complexity index is 1070. The molecule has 0 amide bonds. The highest BCUT2D eigenvalue weighted by atomic mass is 16.3. The third-order valence-electron chi connectivity index (χ3n) is 5.83. The lowest BCUT2D eigenvalue weighted by atomic mass is 9.64. The number of rotatable bonds is 6. The van der Waals surface area contributed by atoms with E-state index in [9.17, 15) is 10.4 Å². The molecule has 7 heteroatoms. The summed E-state index contributed by atoms with van der Waals surface area (Å²) in [6, 6.07) is 12.4. The lowest BCUT2D eigenvalue weighted by Crippen LogP contribution is -2.57. The van der Waals surface area contributed by atoms with Crippen LogP contribution in [0.4, 0.5) is 11.8 Å². The molecule has 1 aliphatic carbocycles. The Morgan fingerprint density at radius 3 is 2.83 bits per heavy atom. The van der Waals surface area contributed by atoms with Crippen molar-refractivity contribution >= 4 is 22.7 Å². The predicted molar refractivity (Wildman–Crippen MR) is 112 cm³/mol. The normalized spacial score (nSPS) is 19.9. The van der Waals surface area contributed by atoms with E-state index in [0.717, 1.165) is 22.9 Å². The first kappa shape index (κ1) is 19.1. The highest BCUT2D eigenvalue weighted by molar-refractivity contribution is 5.81. The number of aliphatic hydroxyl groups excluding tert-OH is 1. The van der Waals surface area contributed by atoms with Gasteiger partial charge in [-0.05, 0) is 24.5 Å². The van der Waals surface area contributed by atoms with Gasteiger partial charge in [0.15, 0.2) is 0 Å². The lowest BCUT2D eigenvalue weighted by Gasteiger charge is -2.49. The molecule has 3 aromatic rings. The molecule has 1 aliphatic rings. The van der Waals surface area contributed by atoms with Gasteiger partial charge in [0.25, 0.3) is 0 Å². The van der Waals surface area contributed by atoms with Crippen LogP contribution >= 0.6 is 0 Å². The van der Waals surface area contributed by atoms with Crippen LogP contribution in [0.15, 0.2) is 42.7 Å². The Morgan fingerprint density at radius 1 is 1.24 bits per heavy atom. The first-order chi connectivity index (χ1) is 14.0. The fourth-order valence-corrected chi connectivity index (χ4v) is 3.65. The third kappa shape index (κ3) is 3.71. The van der Waals surface area contributed by atoms with E-state index in [-0.39, 0.29) is 17.6 Å². The Kier molecular flexibility index (Phi) is 5.03. The molecule has 2 heterocycles. The Morgan fingerprint density at radius 2 is 2.07 bits per heavy atom. The molecule has 4 rings (SSSR count). The summed E-state index contributed by atoms with van der Waals surface area (Å²) in [6.45, 7) is 4.65. The van der Waals surface area contributed by atoms with Gasteiger partial charge in [-0.25, -0.2) is 4.98 Å². The van der Waals surface area contributed by atoms with E-state index in [1.54, 1.807) is 6.20 Å². The number of nitrogens with zero attached hydrogens (tertiary/aromatic N) is 4. The molecule has 29 heavy (non-hydrogen) atoms. The molecular weight excluding hydrogens is 364 g/mol. The quantitative estimate of drug-likeness (QED) is 0.595. The van der Waals surface area contributed by atoms with E-state index in [1.165, 1.54) is 6.20 Å². The second-order valence-corrected chi connectivity index (χ2v) is 8.01. The van der Waals surface area contributed by atoms with Gasteiger partial charge in [-0.2, -0.15) is 10.2 Å². The molecule has 2 aromatic heterocycles. The number of aromatic nitrogens is 3. The molecule has 1 aromatic carbocycles. The number of anilines is 2. The van der Waals surface area contributed by atoms with E-state index in [1.807, 2.05) is 26.0 Å². The molecule has 2 atom stereocenters. The smallest absolute Gasteiger partial charge is 0.224 e. The standard InChI is InChI=1S/C22H24N6O/c1-22(2)17(11-18(22)29)27-20-16(12-23)13-26-21(28-20)25-10-8-15-6-3-5-14-7-4-9-24-19(14)15/h3-7,9,13,17-18,29H,8,10-11H2,1-2H3,(H2,25,26,27,28)/t17-,18+/m1/s1. The van der Waals surface area contributed by atoms with Crippen molar-refractivity contribution in [1.29, 1.82) is 5.26 Å². The average Bonchev–Trinajstić information content (AvgIpc) is 2.74. The first-order valence-corrected chi connectivity index (χ1v) is 9.77. The molecule has 3 N–H and O–H groups in total. The Labute approximate surface area is 169 Å². The highest BCUT2D eigenvalue weighted by Crippen LogP contribution is 2.42. The van der Waals surface area contributed by atoms with Crippen LogP contribution in [0.1, 0.15) is 31.4 Å². The van der Waals surface area contributed by atoms with Gasteiger partial charge in [0.1, 0.15) is 17.5 Å². The zero-order valence-corrected chi connectivity index (χ0v) is 16.6. The highest BCUT2D eigenvalue weighted by Gasteiger charge is 2.47. The summed E-state index contributed by atoms with van der Waals surface area (Å²) in [6.07, 6.45) is 4.40. The summed E-state index contributed by atoms with van der Waals surface area (Å²) < 4.78 is 0. The molecule has 0 radical (unpaired) electrons. The maximum absolute atomic E-state index is 9.95. The van der Waals surface area contributed by atoms with Crippen LogP contribution in [-0.2, 0) is 6.42 Å². The molecule has 1 fully saturated rings. The van der Waals surface area contributed by atoms with Crippen molar-refractivity contribution in [2.45, 2.75) is 38.8 Å². The van der Waals surface area contributed by atoms with Crippen LogP contribution in [0.5, 0.6) is 0 Å². The van der Waals surface area contributed by atoms with Gasteiger partial charge in [-0.15, -0.1) is 0 Å². The van der Waals surface area contributed by atoms with E-state index in [4.69, 9.17) is 0 Å². The maximum atomic E-state index is 9.95. The molecule has 0 aliphatic heterocycles. The van der Waals surface area contributed by atoms with Gasteiger partial charge in [-0.1, -0.05) is 38.1 Å². The van der Waals surface area contributed by atoms with Crippen molar-refractivity contribution in [3.05, 3.63) is 53.9 Å². The van der Waals surface area contributed by atoms with Crippen LogP contribution < -0.4 is 10.6 Å². The van der Waals surface area contributed by atoms with Crippen LogP contribution in [0.2, 0.25) is 0 Å². The van der Waals surface area contributed by atoms with Gasteiger partial charge >= 0.3 is 0 Å². The van der Waals surface area contributed by atoms with Crippen molar-refractivity contribution in [3.8, 4) is 6.07 Å². The summed E-state index contributed by atoms with van der Waals surface area (Å²) in [5.41, 5.74) is 2.30. The molecular formula is C22H24N6O. The number of aliphatic hydroxyl groups is 1. The number of fused-ring (bicyclic) bond motifs is 1. The number of para-hydroxylation sites is 1. The minimum absolute atomic E-state index is 0.0640. The molecule has 0 saturated heterocycles. The fourth-order valence-electron chi connectivity index (χ4n) is 3.65. The van der Waals surface area contributed by atoms with Gasteiger partial charge in [0.05, 0.1) is 17.8 Å². The number of nitriles is 1. The third-order valence-corrected chi connectivity index (χ3v) is 5.83. The largest absolute Gasteiger partial charge is 0.392 e. The van der Waals surface area contributed by atoms with E-state index in [2.05, 4.69) is 49.9 Å². The van der Waals surface area contributed by atoms with Crippen LogP contribution in [0.3, 0.4) is 0 Å². The zero-order valence-electron chi connectivity index (χ0n) is 16.6. The number of hydrogen-bond donors (Lipinski definition) is 3. The maximum Gasteiger partial charge on any atom is 0.224 e. The minimum Gasteiger partial charge on any atom is -0.392 e. The van der Waals surface area contributed by atoms with Gasteiger partial charge in [0.2, 0.25) is 5.95 Å². The lowest BCUT2D eigenvalue weighted by molar-refractivity contribution is -0.0511. The van der Waals surface area contributed by atoms with Crippen LogP contribution in [0.25, 0.3) is 10.9 Å². The predicted octanol–water partition coefficient (Wildman–Crippen LogP) is 3.12. The second-order valence-electron chi connectivity index (χ2n) is 8.01. The van der Waals surface area contributed by atoms with Crippen molar-refractivity contribution in [2.75, 3.05) is 17.2 Å². The fraction of sp³-hybridized carbons (Fsp3) is 0.364. The van der Waals surface area contributed by atoms with E-state index >= 15 is 0 Å². The molecule has 0 bridgehead atoms. The van der Waals surface area contributed by atoms with Crippen LogP contribution in [0, 0.1) is 16.7 Å². The zero-order chi connectivity index (χ0) is 20.4. The van der Waals surface area contributed by atoms with E-state index in [0.29, 0.717) is 30.3 Å². The molecule has 148 valence electrons.